The first kappa shape index (κ1) is 11.5. The summed E-state index contributed by atoms with van der Waals surface area (Å²) < 4.78 is 0. The van der Waals surface area contributed by atoms with Crippen molar-refractivity contribution in [3.05, 3.63) is 29.3 Å². The van der Waals surface area contributed by atoms with E-state index in [4.69, 9.17) is 5.73 Å². The Bertz CT molecular complexity index is 343. The van der Waals surface area contributed by atoms with Gasteiger partial charge in [0.15, 0.2) is 0 Å². The average Bonchev–Trinajstić information content (AvgIpc) is 2.33. The summed E-state index contributed by atoms with van der Waals surface area (Å²) in [6.07, 6.45) is 7.67. The van der Waals surface area contributed by atoms with Crippen LogP contribution in [0.4, 0.5) is 0 Å². The van der Waals surface area contributed by atoms with Gasteiger partial charge in [-0.1, -0.05) is 44.2 Å². The monoisotopic (exact) mass is 219 g/mol. The molecule has 16 heavy (non-hydrogen) atoms. The summed E-state index contributed by atoms with van der Waals surface area (Å²) in [5.41, 5.74) is 7.90. The molecule has 0 aromatic heterocycles. The number of benzene rings is 1. The predicted octanol–water partition coefficient (Wildman–Crippen LogP) is 2.97. The zero-order chi connectivity index (χ0) is 11.4. The van der Waals surface area contributed by atoms with Gasteiger partial charge in [-0.05, 0) is 29.5 Å². The second-order valence-electron chi connectivity index (χ2n) is 4.83. The first-order chi connectivity index (χ1) is 7.81. The van der Waals surface area contributed by atoms with Crippen molar-refractivity contribution in [2.24, 2.45) is 11.7 Å². The lowest BCUT2D eigenvalue weighted by Gasteiger charge is -2.23. The van der Waals surface area contributed by atoms with Gasteiger partial charge in [-0.15, -0.1) is 0 Å². The van der Waals surface area contributed by atoms with Crippen molar-refractivity contribution in [2.75, 3.05) is 0 Å². The molecule has 0 radical (unpaired) electrons. The van der Waals surface area contributed by atoms with Crippen molar-refractivity contribution >= 4 is 0 Å². The second-order valence-corrected chi connectivity index (χ2v) is 4.83. The van der Waals surface area contributed by atoms with Gasteiger partial charge < -0.3 is 10.8 Å². The maximum Gasteiger partial charge on any atom is 0.119 e. The molecule has 0 heterocycles. The van der Waals surface area contributed by atoms with Crippen LogP contribution in [-0.2, 0) is 13.0 Å². The topological polar surface area (TPSA) is 46.2 Å². The summed E-state index contributed by atoms with van der Waals surface area (Å²) in [7, 11) is 0. The SMILES string of the molecule is NCc1cccc(O)c1CC1CCCCC1. The number of nitrogens with two attached hydrogens (primary N) is 1. The first-order valence-electron chi connectivity index (χ1n) is 6.31. The van der Waals surface area contributed by atoms with Crippen LogP contribution in [0.1, 0.15) is 43.2 Å². The van der Waals surface area contributed by atoms with Crippen molar-refractivity contribution in [3.63, 3.8) is 0 Å². The molecule has 0 unspecified atom stereocenters. The number of hydrogen-bond donors (Lipinski definition) is 2. The molecular formula is C14H21NO. The van der Waals surface area contributed by atoms with Crippen LogP contribution < -0.4 is 5.73 Å². The third kappa shape index (κ3) is 2.56. The quantitative estimate of drug-likeness (QED) is 0.821. The van der Waals surface area contributed by atoms with Crippen LogP contribution in [0, 0.1) is 5.92 Å². The molecule has 3 N–H and O–H groups in total. The van der Waals surface area contributed by atoms with Crippen LogP contribution >= 0.6 is 0 Å². The average molecular weight is 219 g/mol. The number of phenols is 1. The molecule has 0 spiro atoms. The van der Waals surface area contributed by atoms with Gasteiger partial charge in [0.1, 0.15) is 5.75 Å². The van der Waals surface area contributed by atoms with E-state index in [1.165, 1.54) is 32.1 Å². The van der Waals surface area contributed by atoms with Gasteiger partial charge in [0.25, 0.3) is 0 Å². The van der Waals surface area contributed by atoms with Crippen molar-refractivity contribution < 1.29 is 5.11 Å². The minimum Gasteiger partial charge on any atom is -0.508 e. The highest BCUT2D eigenvalue weighted by Crippen LogP contribution is 2.31. The number of hydrogen-bond acceptors (Lipinski definition) is 2. The Morgan fingerprint density at radius 3 is 2.62 bits per heavy atom. The summed E-state index contributed by atoms with van der Waals surface area (Å²) in [6.45, 7) is 0.524. The molecule has 1 fully saturated rings. The molecule has 0 atom stereocenters. The Morgan fingerprint density at radius 1 is 1.19 bits per heavy atom. The Kier molecular flexibility index (Phi) is 3.83. The maximum atomic E-state index is 9.90. The predicted molar refractivity (Wildman–Crippen MR) is 66.3 cm³/mol. The van der Waals surface area contributed by atoms with E-state index in [1.54, 1.807) is 6.07 Å². The van der Waals surface area contributed by atoms with Gasteiger partial charge >= 0.3 is 0 Å². The van der Waals surface area contributed by atoms with Gasteiger partial charge in [-0.25, -0.2) is 0 Å². The molecule has 0 bridgehead atoms. The van der Waals surface area contributed by atoms with Crippen LogP contribution in [0.2, 0.25) is 0 Å². The van der Waals surface area contributed by atoms with Crippen molar-refractivity contribution in [2.45, 2.75) is 45.1 Å². The van der Waals surface area contributed by atoms with Gasteiger partial charge in [0, 0.05) is 6.54 Å². The molecule has 1 saturated carbocycles. The van der Waals surface area contributed by atoms with E-state index >= 15 is 0 Å². The maximum absolute atomic E-state index is 9.90. The highest BCUT2D eigenvalue weighted by atomic mass is 16.3. The first-order valence-corrected chi connectivity index (χ1v) is 6.31. The Morgan fingerprint density at radius 2 is 1.94 bits per heavy atom. The fourth-order valence-corrected chi connectivity index (χ4v) is 2.73. The van der Waals surface area contributed by atoms with Gasteiger partial charge in [-0.2, -0.15) is 0 Å². The molecular weight excluding hydrogens is 198 g/mol. The normalized spacial score (nSPS) is 17.6. The van der Waals surface area contributed by atoms with Crippen LogP contribution in [0.25, 0.3) is 0 Å². The molecule has 2 heteroatoms. The van der Waals surface area contributed by atoms with Gasteiger partial charge in [0.05, 0.1) is 0 Å². The van der Waals surface area contributed by atoms with E-state index in [2.05, 4.69) is 0 Å². The Hall–Kier alpha value is -1.02. The fraction of sp³-hybridized carbons (Fsp3) is 0.571. The van der Waals surface area contributed by atoms with Crippen LogP contribution in [0.3, 0.4) is 0 Å². The van der Waals surface area contributed by atoms with E-state index in [0.717, 1.165) is 23.5 Å². The van der Waals surface area contributed by atoms with Gasteiger partial charge in [-0.3, -0.25) is 0 Å². The highest BCUT2D eigenvalue weighted by Gasteiger charge is 2.17. The number of aromatic hydroxyl groups is 1. The molecule has 1 aliphatic carbocycles. The lowest BCUT2D eigenvalue weighted by atomic mass is 9.83. The number of phenolic OH excluding ortho intramolecular Hbond substituents is 1. The molecule has 0 amide bonds. The molecule has 88 valence electrons. The molecule has 2 nitrogen and oxygen atoms in total. The standard InChI is InChI=1S/C14H21NO/c15-10-12-7-4-8-14(16)13(12)9-11-5-2-1-3-6-11/h4,7-8,11,16H,1-3,5-6,9-10,15H2. The molecule has 0 saturated heterocycles. The molecule has 1 aromatic carbocycles. The van der Waals surface area contributed by atoms with Gasteiger partial charge in [0.2, 0.25) is 0 Å². The summed E-state index contributed by atoms with van der Waals surface area (Å²) in [5.74, 6) is 1.17. The van der Waals surface area contributed by atoms with Crippen molar-refractivity contribution in [3.8, 4) is 5.75 Å². The van der Waals surface area contributed by atoms with E-state index in [9.17, 15) is 5.11 Å². The molecule has 1 aromatic rings. The van der Waals surface area contributed by atoms with E-state index in [0.29, 0.717) is 12.3 Å². The third-order valence-electron chi connectivity index (χ3n) is 3.69. The molecule has 2 rings (SSSR count). The summed E-state index contributed by atoms with van der Waals surface area (Å²) in [4.78, 5) is 0. The zero-order valence-corrected chi connectivity index (χ0v) is 9.78. The lowest BCUT2D eigenvalue weighted by molar-refractivity contribution is 0.350. The Labute approximate surface area is 97.5 Å². The minimum absolute atomic E-state index is 0.425. The highest BCUT2D eigenvalue weighted by molar-refractivity contribution is 5.39. The lowest BCUT2D eigenvalue weighted by Crippen LogP contribution is -2.12. The summed E-state index contributed by atoms with van der Waals surface area (Å²) in [5, 5.41) is 9.90. The second kappa shape index (κ2) is 5.35. The van der Waals surface area contributed by atoms with Crippen LogP contribution in [-0.4, -0.2) is 5.11 Å². The zero-order valence-electron chi connectivity index (χ0n) is 9.78. The van der Waals surface area contributed by atoms with Crippen LogP contribution in [0.5, 0.6) is 5.75 Å². The number of rotatable bonds is 3. The van der Waals surface area contributed by atoms with E-state index < -0.39 is 0 Å². The molecule has 0 aliphatic heterocycles. The Balaban J connectivity index is 2.12. The summed E-state index contributed by atoms with van der Waals surface area (Å²) in [6, 6.07) is 5.68. The minimum atomic E-state index is 0.425. The van der Waals surface area contributed by atoms with Crippen LogP contribution in [0.15, 0.2) is 18.2 Å². The van der Waals surface area contributed by atoms with E-state index in [1.807, 2.05) is 12.1 Å². The van der Waals surface area contributed by atoms with Crippen molar-refractivity contribution in [1.82, 2.24) is 0 Å². The largest absolute Gasteiger partial charge is 0.508 e. The van der Waals surface area contributed by atoms with E-state index in [-0.39, 0.29) is 0 Å². The third-order valence-corrected chi connectivity index (χ3v) is 3.69. The molecule has 1 aliphatic rings. The fourth-order valence-electron chi connectivity index (χ4n) is 2.73. The smallest absolute Gasteiger partial charge is 0.119 e. The summed E-state index contributed by atoms with van der Waals surface area (Å²) >= 11 is 0. The van der Waals surface area contributed by atoms with Crippen molar-refractivity contribution in [1.29, 1.82) is 0 Å².